The number of hydrogen-bond donors (Lipinski definition) is 0. The van der Waals surface area contributed by atoms with E-state index in [-0.39, 0.29) is 23.6 Å². The van der Waals surface area contributed by atoms with Crippen molar-refractivity contribution in [2.45, 2.75) is 69.4 Å². The molecule has 9 heteroatoms. The molecule has 166 valence electrons. The summed E-state index contributed by atoms with van der Waals surface area (Å²) < 4.78 is 46.3. The first kappa shape index (κ1) is 22.7. The van der Waals surface area contributed by atoms with Gasteiger partial charge in [0.2, 0.25) is 10.0 Å². The number of esters is 1. The second-order valence-electron chi connectivity index (χ2n) is 8.12. The second kappa shape index (κ2) is 9.43. The van der Waals surface area contributed by atoms with Gasteiger partial charge in [0.15, 0.2) is 6.61 Å². The van der Waals surface area contributed by atoms with Crippen LogP contribution in [0.15, 0.2) is 23.1 Å². The molecule has 2 saturated heterocycles. The van der Waals surface area contributed by atoms with Crippen LogP contribution in [0.1, 0.15) is 62.7 Å². The standard InChI is InChI=1S/C21H29FN2O5S/c1-15-7-6-8-16(2)24(15)20(25)14-29-21(26)17-9-10-18(22)19(13-17)30(27,28)23-11-4-3-5-12-23/h9-10,13,15-16H,3-8,11-12,14H2,1-2H3. The molecule has 1 aromatic carbocycles. The molecule has 1 aromatic rings. The molecule has 0 aliphatic carbocycles. The molecule has 7 nitrogen and oxygen atoms in total. The van der Waals surface area contributed by atoms with Gasteiger partial charge in [0.1, 0.15) is 10.7 Å². The van der Waals surface area contributed by atoms with E-state index in [2.05, 4.69) is 0 Å². The number of ether oxygens (including phenoxy) is 1. The van der Waals surface area contributed by atoms with Crippen molar-refractivity contribution in [3.63, 3.8) is 0 Å². The van der Waals surface area contributed by atoms with E-state index in [0.29, 0.717) is 13.1 Å². The summed E-state index contributed by atoms with van der Waals surface area (Å²) in [6.45, 7) is 4.16. The third-order valence-corrected chi connectivity index (χ3v) is 7.82. The summed E-state index contributed by atoms with van der Waals surface area (Å²) >= 11 is 0. The molecule has 2 heterocycles. The highest BCUT2D eigenvalue weighted by molar-refractivity contribution is 7.89. The van der Waals surface area contributed by atoms with Crippen LogP contribution in [0, 0.1) is 5.82 Å². The van der Waals surface area contributed by atoms with Gasteiger partial charge in [0.25, 0.3) is 5.91 Å². The zero-order chi connectivity index (χ0) is 21.9. The van der Waals surface area contributed by atoms with Crippen LogP contribution in [0.2, 0.25) is 0 Å². The molecule has 0 bridgehead atoms. The number of likely N-dealkylation sites (tertiary alicyclic amines) is 1. The fourth-order valence-electron chi connectivity index (χ4n) is 4.27. The molecule has 0 spiro atoms. The Labute approximate surface area is 177 Å². The summed E-state index contributed by atoms with van der Waals surface area (Å²) in [5.41, 5.74) is -0.0977. The first-order valence-electron chi connectivity index (χ1n) is 10.5. The third-order valence-electron chi connectivity index (χ3n) is 5.91. The predicted octanol–water partition coefficient (Wildman–Crippen LogP) is 2.95. The zero-order valence-corrected chi connectivity index (χ0v) is 18.3. The lowest BCUT2D eigenvalue weighted by atomic mass is 9.97. The van der Waals surface area contributed by atoms with Gasteiger partial charge in [-0.25, -0.2) is 17.6 Å². The van der Waals surface area contributed by atoms with E-state index >= 15 is 0 Å². The van der Waals surface area contributed by atoms with E-state index in [0.717, 1.165) is 50.7 Å². The lowest BCUT2D eigenvalue weighted by molar-refractivity contribution is -0.140. The minimum Gasteiger partial charge on any atom is -0.452 e. The van der Waals surface area contributed by atoms with Gasteiger partial charge in [-0.3, -0.25) is 4.79 Å². The van der Waals surface area contributed by atoms with E-state index in [4.69, 9.17) is 4.74 Å². The number of carbonyl (C=O) groups is 2. The zero-order valence-electron chi connectivity index (χ0n) is 17.5. The molecule has 0 N–H and O–H groups in total. The molecule has 3 rings (SSSR count). The van der Waals surface area contributed by atoms with Gasteiger partial charge in [-0.1, -0.05) is 6.42 Å². The van der Waals surface area contributed by atoms with Crippen LogP contribution in [0.3, 0.4) is 0 Å². The van der Waals surface area contributed by atoms with Gasteiger partial charge in [-0.2, -0.15) is 4.31 Å². The summed E-state index contributed by atoms with van der Waals surface area (Å²) in [5, 5.41) is 0. The van der Waals surface area contributed by atoms with Crippen molar-refractivity contribution in [1.82, 2.24) is 9.21 Å². The number of benzene rings is 1. The molecule has 0 saturated carbocycles. The van der Waals surface area contributed by atoms with E-state index in [9.17, 15) is 22.4 Å². The van der Waals surface area contributed by atoms with Crippen molar-refractivity contribution in [2.24, 2.45) is 0 Å². The maximum atomic E-state index is 14.3. The number of hydrogen-bond acceptors (Lipinski definition) is 5. The fraction of sp³-hybridized carbons (Fsp3) is 0.619. The molecule has 2 atom stereocenters. The highest BCUT2D eigenvalue weighted by Crippen LogP contribution is 2.25. The number of amides is 1. The molecule has 2 unspecified atom stereocenters. The topological polar surface area (TPSA) is 84.0 Å². The molecular formula is C21H29FN2O5S. The number of piperidine rings is 2. The van der Waals surface area contributed by atoms with Crippen LogP contribution >= 0.6 is 0 Å². The monoisotopic (exact) mass is 440 g/mol. The molecule has 30 heavy (non-hydrogen) atoms. The molecule has 2 aliphatic rings. The van der Waals surface area contributed by atoms with E-state index in [1.54, 1.807) is 4.90 Å². The third kappa shape index (κ3) is 4.83. The Hall–Kier alpha value is -2.00. The average molecular weight is 441 g/mol. The van der Waals surface area contributed by atoms with Crippen LogP contribution in [-0.2, 0) is 19.6 Å². The summed E-state index contributed by atoms with van der Waals surface area (Å²) in [6, 6.07) is 3.27. The van der Waals surface area contributed by atoms with Crippen molar-refractivity contribution in [3.8, 4) is 0 Å². The number of sulfonamides is 1. The van der Waals surface area contributed by atoms with Crippen molar-refractivity contribution >= 4 is 21.9 Å². The van der Waals surface area contributed by atoms with Crippen LogP contribution < -0.4 is 0 Å². The van der Waals surface area contributed by atoms with Crippen molar-refractivity contribution in [2.75, 3.05) is 19.7 Å². The Balaban J connectivity index is 1.71. The first-order valence-corrected chi connectivity index (χ1v) is 11.9. The van der Waals surface area contributed by atoms with Crippen LogP contribution in [0.4, 0.5) is 4.39 Å². The van der Waals surface area contributed by atoms with Crippen molar-refractivity contribution in [3.05, 3.63) is 29.6 Å². The van der Waals surface area contributed by atoms with Crippen LogP contribution in [0.5, 0.6) is 0 Å². The molecule has 0 radical (unpaired) electrons. The highest BCUT2D eigenvalue weighted by atomic mass is 32.2. The molecule has 1 amide bonds. The summed E-state index contributed by atoms with van der Waals surface area (Å²) in [7, 11) is -4.04. The number of carbonyl (C=O) groups excluding carboxylic acids is 2. The van der Waals surface area contributed by atoms with Crippen molar-refractivity contribution in [1.29, 1.82) is 0 Å². The SMILES string of the molecule is CC1CCCC(C)N1C(=O)COC(=O)c1ccc(F)c(S(=O)(=O)N2CCCCC2)c1. The average Bonchev–Trinajstić information content (AvgIpc) is 2.72. The largest absolute Gasteiger partial charge is 0.452 e. The number of rotatable bonds is 5. The van der Waals surface area contributed by atoms with Gasteiger partial charge in [-0.15, -0.1) is 0 Å². The summed E-state index contributed by atoms with van der Waals surface area (Å²) in [4.78, 5) is 26.2. The second-order valence-corrected chi connectivity index (χ2v) is 10.0. The van der Waals surface area contributed by atoms with Gasteiger partial charge in [0, 0.05) is 25.2 Å². The van der Waals surface area contributed by atoms with Crippen LogP contribution in [0.25, 0.3) is 0 Å². The Kier molecular flexibility index (Phi) is 7.13. The lowest BCUT2D eigenvalue weighted by Gasteiger charge is -2.38. The maximum Gasteiger partial charge on any atom is 0.338 e. The maximum absolute atomic E-state index is 14.3. The normalized spacial score (nSPS) is 23.2. The first-order chi connectivity index (χ1) is 14.2. The quantitative estimate of drug-likeness (QED) is 0.658. The number of nitrogens with zero attached hydrogens (tertiary/aromatic N) is 2. The molecule has 0 aromatic heterocycles. The van der Waals surface area contributed by atoms with Crippen molar-refractivity contribution < 1.29 is 27.1 Å². The molecule has 2 aliphatic heterocycles. The molecular weight excluding hydrogens is 411 g/mol. The fourth-order valence-corrected chi connectivity index (χ4v) is 5.88. The minimum absolute atomic E-state index is 0.0760. The minimum atomic E-state index is -4.04. The Morgan fingerprint density at radius 1 is 1.07 bits per heavy atom. The lowest BCUT2D eigenvalue weighted by Crippen LogP contribution is -2.49. The van der Waals surface area contributed by atoms with E-state index < -0.39 is 33.3 Å². The van der Waals surface area contributed by atoms with E-state index in [1.165, 1.54) is 10.4 Å². The summed E-state index contributed by atoms with van der Waals surface area (Å²) in [5.74, 6) is -2.05. The van der Waals surface area contributed by atoms with E-state index in [1.807, 2.05) is 13.8 Å². The molecule has 2 fully saturated rings. The Morgan fingerprint density at radius 3 is 2.33 bits per heavy atom. The highest BCUT2D eigenvalue weighted by Gasteiger charge is 2.31. The van der Waals surface area contributed by atoms with Gasteiger partial charge >= 0.3 is 5.97 Å². The smallest absolute Gasteiger partial charge is 0.338 e. The van der Waals surface area contributed by atoms with Gasteiger partial charge in [0.05, 0.1) is 5.56 Å². The van der Waals surface area contributed by atoms with Gasteiger partial charge in [-0.05, 0) is 64.2 Å². The Morgan fingerprint density at radius 2 is 1.70 bits per heavy atom. The predicted molar refractivity (Wildman–Crippen MR) is 109 cm³/mol. The summed E-state index contributed by atoms with van der Waals surface area (Å²) in [6.07, 6.45) is 5.23. The van der Waals surface area contributed by atoms with Gasteiger partial charge < -0.3 is 9.64 Å². The Bertz CT molecular complexity index is 889. The van der Waals surface area contributed by atoms with Crippen LogP contribution in [-0.4, -0.2) is 61.3 Å². The number of halogens is 1.